The fourth-order valence-corrected chi connectivity index (χ4v) is 1.89. The zero-order valence-corrected chi connectivity index (χ0v) is 10.9. The molecule has 0 aliphatic rings. The van der Waals surface area contributed by atoms with Gasteiger partial charge in [0, 0.05) is 6.20 Å². The van der Waals surface area contributed by atoms with E-state index >= 15 is 0 Å². The number of nitrogens with two attached hydrogens (primary N) is 1. The van der Waals surface area contributed by atoms with Gasteiger partial charge in [-0.3, -0.25) is 10.8 Å². The number of nitrogens with one attached hydrogen (secondary N) is 1. The maximum Gasteiger partial charge on any atom is 0.416 e. The van der Waals surface area contributed by atoms with E-state index < -0.39 is 17.8 Å². The van der Waals surface area contributed by atoms with E-state index in [2.05, 4.69) is 10.4 Å². The molecule has 0 saturated heterocycles. The van der Waals surface area contributed by atoms with Crippen LogP contribution in [0.5, 0.6) is 0 Å². The van der Waals surface area contributed by atoms with Gasteiger partial charge in [0.15, 0.2) is 0 Å². The van der Waals surface area contributed by atoms with E-state index in [-0.39, 0.29) is 0 Å². The molecule has 1 aromatic heterocycles. The van der Waals surface area contributed by atoms with Gasteiger partial charge in [0.05, 0.1) is 22.3 Å². The van der Waals surface area contributed by atoms with Crippen LogP contribution < -0.4 is 11.3 Å². The molecule has 1 aromatic carbocycles. The zero-order valence-electron chi connectivity index (χ0n) is 10.2. The van der Waals surface area contributed by atoms with Crippen molar-refractivity contribution in [3.63, 3.8) is 0 Å². The minimum Gasteiger partial charge on any atom is -0.271 e. The third kappa shape index (κ3) is 3.27. The summed E-state index contributed by atoms with van der Waals surface area (Å²) in [5.41, 5.74) is 2.96. The number of hydrogen-bond acceptors (Lipinski definition) is 3. The summed E-state index contributed by atoms with van der Waals surface area (Å²) in [6.07, 6.45) is -2.91. The number of hydrogen-bond donors (Lipinski definition) is 2. The number of hydrazine groups is 1. The zero-order chi connectivity index (χ0) is 14.8. The minimum atomic E-state index is -4.36. The molecule has 0 spiro atoms. The highest BCUT2D eigenvalue weighted by molar-refractivity contribution is 6.30. The van der Waals surface area contributed by atoms with Gasteiger partial charge in [0.25, 0.3) is 0 Å². The summed E-state index contributed by atoms with van der Waals surface area (Å²) in [5, 5.41) is 0.469. The molecule has 2 rings (SSSR count). The van der Waals surface area contributed by atoms with E-state index in [1.165, 1.54) is 18.3 Å². The molecule has 2 aromatic rings. The van der Waals surface area contributed by atoms with E-state index in [4.69, 9.17) is 17.4 Å². The summed E-state index contributed by atoms with van der Waals surface area (Å²) in [7, 11) is 0. The number of rotatable bonds is 3. The Bertz CT molecular complexity index is 567. The number of pyridine rings is 1. The molecular formula is C13H11ClF3N3. The Morgan fingerprint density at radius 2 is 1.75 bits per heavy atom. The van der Waals surface area contributed by atoms with Crippen LogP contribution in [0.3, 0.4) is 0 Å². The summed E-state index contributed by atoms with van der Waals surface area (Å²) < 4.78 is 37.5. The van der Waals surface area contributed by atoms with Crippen LogP contribution in [0.25, 0.3) is 0 Å². The Labute approximate surface area is 118 Å². The van der Waals surface area contributed by atoms with Gasteiger partial charge in [-0.15, -0.1) is 0 Å². The van der Waals surface area contributed by atoms with Gasteiger partial charge in [-0.1, -0.05) is 23.7 Å². The predicted molar refractivity (Wildman–Crippen MR) is 69.9 cm³/mol. The average Bonchev–Trinajstić information content (AvgIpc) is 2.41. The van der Waals surface area contributed by atoms with Gasteiger partial charge >= 0.3 is 6.18 Å². The van der Waals surface area contributed by atoms with Crippen LogP contribution in [-0.2, 0) is 6.18 Å². The molecule has 0 radical (unpaired) electrons. The fourth-order valence-electron chi connectivity index (χ4n) is 1.77. The third-order valence-electron chi connectivity index (χ3n) is 2.78. The van der Waals surface area contributed by atoms with Crippen molar-refractivity contribution in [3.8, 4) is 0 Å². The van der Waals surface area contributed by atoms with Gasteiger partial charge in [-0.25, -0.2) is 5.43 Å². The summed E-state index contributed by atoms with van der Waals surface area (Å²) in [6.45, 7) is 0. The molecule has 0 aliphatic carbocycles. The van der Waals surface area contributed by atoms with Crippen molar-refractivity contribution in [1.29, 1.82) is 0 Å². The second kappa shape index (κ2) is 5.78. The largest absolute Gasteiger partial charge is 0.416 e. The molecule has 1 heterocycles. The molecule has 1 atom stereocenters. The lowest BCUT2D eigenvalue weighted by atomic mass is 10.0. The van der Waals surface area contributed by atoms with E-state index in [1.807, 2.05) is 0 Å². The minimum absolute atomic E-state index is 0.469. The number of aromatic nitrogens is 1. The Balaban J connectivity index is 2.30. The summed E-state index contributed by atoms with van der Waals surface area (Å²) in [4.78, 5) is 4.10. The first-order chi connectivity index (χ1) is 9.41. The summed E-state index contributed by atoms with van der Waals surface area (Å²) in [5.74, 6) is 5.45. The maximum absolute atomic E-state index is 12.5. The molecule has 0 saturated carbocycles. The highest BCUT2D eigenvalue weighted by Gasteiger charge is 2.30. The Hall–Kier alpha value is -1.63. The van der Waals surface area contributed by atoms with Crippen LogP contribution in [0, 0.1) is 0 Å². The Morgan fingerprint density at radius 1 is 1.10 bits per heavy atom. The molecule has 1 unspecified atom stereocenters. The van der Waals surface area contributed by atoms with E-state index in [9.17, 15) is 13.2 Å². The lowest BCUT2D eigenvalue weighted by molar-refractivity contribution is -0.137. The number of alkyl halides is 3. The first kappa shape index (κ1) is 14.8. The van der Waals surface area contributed by atoms with Crippen LogP contribution in [-0.4, -0.2) is 4.98 Å². The molecule has 3 nitrogen and oxygen atoms in total. The first-order valence-electron chi connectivity index (χ1n) is 5.66. The highest BCUT2D eigenvalue weighted by atomic mass is 35.5. The van der Waals surface area contributed by atoms with Crippen molar-refractivity contribution in [3.05, 3.63) is 64.4 Å². The summed E-state index contributed by atoms with van der Waals surface area (Å²) >= 11 is 5.74. The maximum atomic E-state index is 12.5. The fraction of sp³-hybridized carbons (Fsp3) is 0.154. The number of halogens is 4. The van der Waals surface area contributed by atoms with Gasteiger partial charge in [-0.05, 0) is 29.8 Å². The molecule has 20 heavy (non-hydrogen) atoms. The van der Waals surface area contributed by atoms with Crippen molar-refractivity contribution >= 4 is 11.6 Å². The molecule has 106 valence electrons. The molecular weight excluding hydrogens is 291 g/mol. The smallest absolute Gasteiger partial charge is 0.271 e. The monoisotopic (exact) mass is 301 g/mol. The lowest BCUT2D eigenvalue weighted by Crippen LogP contribution is -2.29. The lowest BCUT2D eigenvalue weighted by Gasteiger charge is -2.16. The van der Waals surface area contributed by atoms with E-state index in [1.54, 1.807) is 12.1 Å². The van der Waals surface area contributed by atoms with Crippen LogP contribution in [0.1, 0.15) is 22.9 Å². The van der Waals surface area contributed by atoms with Gasteiger partial charge in [0.2, 0.25) is 0 Å². The van der Waals surface area contributed by atoms with E-state index in [0.29, 0.717) is 16.3 Å². The third-order valence-corrected chi connectivity index (χ3v) is 3.01. The van der Waals surface area contributed by atoms with Gasteiger partial charge < -0.3 is 0 Å². The molecule has 0 amide bonds. The van der Waals surface area contributed by atoms with Crippen LogP contribution in [0.4, 0.5) is 13.2 Å². The topological polar surface area (TPSA) is 50.9 Å². The van der Waals surface area contributed by atoms with Gasteiger partial charge in [0.1, 0.15) is 0 Å². The van der Waals surface area contributed by atoms with Crippen LogP contribution in [0.15, 0.2) is 42.6 Å². The van der Waals surface area contributed by atoms with Crippen molar-refractivity contribution in [2.24, 2.45) is 5.84 Å². The van der Waals surface area contributed by atoms with Crippen molar-refractivity contribution < 1.29 is 13.2 Å². The molecule has 0 aliphatic heterocycles. The van der Waals surface area contributed by atoms with E-state index in [0.717, 1.165) is 12.1 Å². The number of benzene rings is 1. The highest BCUT2D eigenvalue weighted by Crippen LogP contribution is 2.30. The molecule has 0 fully saturated rings. The molecule has 3 N–H and O–H groups in total. The normalized spacial score (nSPS) is 13.2. The molecule has 0 bridgehead atoms. The molecule has 7 heteroatoms. The Kier molecular flexibility index (Phi) is 4.27. The SMILES string of the molecule is NNC(c1ccc(C(F)(F)F)cc1)c1ccc(Cl)cn1. The Morgan fingerprint density at radius 3 is 2.20 bits per heavy atom. The first-order valence-corrected chi connectivity index (χ1v) is 6.04. The predicted octanol–water partition coefficient (Wildman–Crippen LogP) is 3.31. The van der Waals surface area contributed by atoms with Crippen LogP contribution in [0.2, 0.25) is 5.02 Å². The summed E-state index contributed by atoms with van der Waals surface area (Å²) in [6, 6.07) is 7.54. The van der Waals surface area contributed by atoms with Crippen molar-refractivity contribution in [1.82, 2.24) is 10.4 Å². The van der Waals surface area contributed by atoms with Gasteiger partial charge in [-0.2, -0.15) is 13.2 Å². The number of nitrogens with zero attached hydrogens (tertiary/aromatic N) is 1. The average molecular weight is 302 g/mol. The second-order valence-corrected chi connectivity index (χ2v) is 4.56. The van der Waals surface area contributed by atoms with Crippen molar-refractivity contribution in [2.45, 2.75) is 12.2 Å². The standard InChI is InChI=1S/C13H11ClF3N3/c14-10-5-6-11(19-7-10)12(20-18)8-1-3-9(4-2-8)13(15,16)17/h1-7,12,20H,18H2. The second-order valence-electron chi connectivity index (χ2n) is 4.12. The van der Waals surface area contributed by atoms with Crippen LogP contribution >= 0.6 is 11.6 Å². The van der Waals surface area contributed by atoms with Crippen molar-refractivity contribution in [2.75, 3.05) is 0 Å². The quantitative estimate of drug-likeness (QED) is 0.675.